The van der Waals surface area contributed by atoms with E-state index in [1.807, 2.05) is 6.07 Å². The number of ether oxygens (including phenoxy) is 2. The number of piperidine rings is 3. The van der Waals surface area contributed by atoms with Crippen molar-refractivity contribution in [3.8, 4) is 11.5 Å². The number of rotatable bonds is 4. The molecule has 3 aliphatic heterocycles. The van der Waals surface area contributed by atoms with Crippen molar-refractivity contribution in [3.63, 3.8) is 0 Å². The van der Waals surface area contributed by atoms with Gasteiger partial charge in [0, 0.05) is 12.1 Å². The lowest BCUT2D eigenvalue weighted by Gasteiger charge is -2.44. The van der Waals surface area contributed by atoms with Crippen LogP contribution < -0.4 is 9.47 Å². The number of nitrogens with zero attached hydrogens (tertiary/aromatic N) is 1. The number of carbonyl (C=O) groups is 1. The molecule has 0 N–H and O–H groups in total. The summed E-state index contributed by atoms with van der Waals surface area (Å²) in [7, 11) is 1.60. The van der Waals surface area contributed by atoms with Crippen LogP contribution in [0, 0.1) is 5.92 Å². The minimum atomic E-state index is 0.249. The van der Waals surface area contributed by atoms with Crippen LogP contribution >= 0.6 is 0 Å². The third-order valence-electron chi connectivity index (χ3n) is 4.20. The maximum Gasteiger partial charge on any atom is 0.161 e. The molecule has 3 saturated heterocycles. The van der Waals surface area contributed by atoms with Crippen LogP contribution in [0.25, 0.3) is 0 Å². The molecule has 0 spiro atoms. The maximum absolute atomic E-state index is 10.8. The first kappa shape index (κ1) is 12.5. The lowest BCUT2D eigenvalue weighted by Crippen LogP contribution is -2.52. The molecule has 0 aromatic heterocycles. The summed E-state index contributed by atoms with van der Waals surface area (Å²) in [4.78, 5) is 13.2. The Labute approximate surface area is 113 Å². The monoisotopic (exact) mass is 261 g/mol. The van der Waals surface area contributed by atoms with Crippen LogP contribution in [0.5, 0.6) is 11.5 Å². The van der Waals surface area contributed by atoms with Crippen LogP contribution in [0.3, 0.4) is 0 Å². The molecule has 0 amide bonds. The average Bonchev–Trinajstić information content (AvgIpc) is 2.49. The molecule has 1 unspecified atom stereocenters. The molecule has 1 aromatic rings. The first-order valence-corrected chi connectivity index (χ1v) is 6.82. The van der Waals surface area contributed by atoms with Gasteiger partial charge in [-0.3, -0.25) is 9.69 Å². The fourth-order valence-electron chi connectivity index (χ4n) is 3.06. The maximum atomic E-state index is 10.8. The molecule has 3 fully saturated rings. The van der Waals surface area contributed by atoms with E-state index in [0.717, 1.165) is 18.6 Å². The van der Waals surface area contributed by atoms with Gasteiger partial charge in [0.2, 0.25) is 0 Å². The first-order valence-electron chi connectivity index (χ1n) is 6.82. The minimum Gasteiger partial charge on any atom is -0.493 e. The normalized spacial score (nSPS) is 29.0. The highest BCUT2D eigenvalue weighted by molar-refractivity contribution is 5.76. The van der Waals surface area contributed by atoms with E-state index in [4.69, 9.17) is 9.47 Å². The van der Waals surface area contributed by atoms with Gasteiger partial charge in [0.1, 0.15) is 12.4 Å². The van der Waals surface area contributed by atoms with Crippen LogP contribution in [-0.4, -0.2) is 44.0 Å². The molecule has 102 valence electrons. The number of hydrogen-bond donors (Lipinski definition) is 0. The molecular weight excluding hydrogens is 242 g/mol. The van der Waals surface area contributed by atoms with Gasteiger partial charge in [-0.15, -0.1) is 0 Å². The van der Waals surface area contributed by atoms with E-state index in [1.165, 1.54) is 25.9 Å². The van der Waals surface area contributed by atoms with E-state index in [-0.39, 0.29) is 6.10 Å². The summed E-state index contributed by atoms with van der Waals surface area (Å²) in [6.07, 6.45) is 3.51. The van der Waals surface area contributed by atoms with Crippen molar-refractivity contribution in [2.75, 3.05) is 26.7 Å². The Morgan fingerprint density at radius 3 is 2.63 bits per heavy atom. The zero-order valence-electron chi connectivity index (χ0n) is 11.2. The predicted molar refractivity (Wildman–Crippen MR) is 72.0 cm³/mol. The number of fused-ring (bicyclic) bond motifs is 3. The molecule has 4 heteroatoms. The van der Waals surface area contributed by atoms with E-state index in [9.17, 15) is 4.79 Å². The standard InChI is InChI=1S/C15H19NO3/c1-18-14-8-11(10-17)2-3-13(14)19-15-9-16-6-4-12(15)5-7-16/h2-3,8,10,12,15H,4-7,9H2,1H3. The van der Waals surface area contributed by atoms with Gasteiger partial charge in [-0.1, -0.05) is 0 Å². The van der Waals surface area contributed by atoms with Crippen molar-refractivity contribution in [2.24, 2.45) is 5.92 Å². The van der Waals surface area contributed by atoms with Crippen molar-refractivity contribution >= 4 is 6.29 Å². The largest absolute Gasteiger partial charge is 0.493 e. The average molecular weight is 261 g/mol. The number of aldehydes is 1. The summed E-state index contributed by atoms with van der Waals surface area (Å²) in [5.41, 5.74) is 0.609. The van der Waals surface area contributed by atoms with E-state index >= 15 is 0 Å². The Balaban J connectivity index is 1.77. The van der Waals surface area contributed by atoms with Gasteiger partial charge in [-0.05, 0) is 50.0 Å². The van der Waals surface area contributed by atoms with E-state index in [2.05, 4.69) is 4.90 Å². The topological polar surface area (TPSA) is 38.8 Å². The smallest absolute Gasteiger partial charge is 0.161 e. The Morgan fingerprint density at radius 2 is 2.05 bits per heavy atom. The third kappa shape index (κ3) is 2.45. The number of hydrogen-bond acceptors (Lipinski definition) is 4. The zero-order chi connectivity index (χ0) is 13.2. The molecule has 1 aromatic carbocycles. The summed E-state index contributed by atoms with van der Waals surface area (Å²) in [5, 5.41) is 0. The molecule has 3 aliphatic rings. The van der Waals surface area contributed by atoms with Crippen molar-refractivity contribution in [1.82, 2.24) is 4.90 Å². The molecular formula is C15H19NO3. The Morgan fingerprint density at radius 1 is 1.26 bits per heavy atom. The highest BCUT2D eigenvalue weighted by Gasteiger charge is 2.35. The Hall–Kier alpha value is -1.55. The predicted octanol–water partition coefficient (Wildman–Crippen LogP) is 1.98. The summed E-state index contributed by atoms with van der Waals surface area (Å²) in [6.45, 7) is 3.40. The summed E-state index contributed by atoms with van der Waals surface area (Å²) in [6, 6.07) is 5.33. The van der Waals surface area contributed by atoms with Gasteiger partial charge in [-0.25, -0.2) is 0 Å². The van der Waals surface area contributed by atoms with Crippen molar-refractivity contribution < 1.29 is 14.3 Å². The van der Waals surface area contributed by atoms with Gasteiger partial charge >= 0.3 is 0 Å². The third-order valence-corrected chi connectivity index (χ3v) is 4.20. The van der Waals surface area contributed by atoms with Crippen molar-refractivity contribution in [2.45, 2.75) is 18.9 Å². The van der Waals surface area contributed by atoms with E-state index in [1.54, 1.807) is 19.2 Å². The number of carbonyl (C=O) groups excluding carboxylic acids is 1. The highest BCUT2D eigenvalue weighted by atomic mass is 16.5. The summed E-state index contributed by atoms with van der Waals surface area (Å²) < 4.78 is 11.4. The molecule has 0 radical (unpaired) electrons. The molecule has 3 heterocycles. The van der Waals surface area contributed by atoms with Crippen LogP contribution in [0.1, 0.15) is 23.2 Å². The lowest BCUT2D eigenvalue weighted by molar-refractivity contribution is -0.00883. The SMILES string of the molecule is COc1cc(C=O)ccc1OC1CN2CCC1CC2. The van der Waals surface area contributed by atoms with Crippen LogP contribution in [0.15, 0.2) is 18.2 Å². The molecule has 2 bridgehead atoms. The Bertz CT molecular complexity index is 466. The van der Waals surface area contributed by atoms with Crippen LogP contribution in [0.4, 0.5) is 0 Å². The first-order chi connectivity index (χ1) is 9.30. The van der Waals surface area contributed by atoms with Crippen LogP contribution in [0.2, 0.25) is 0 Å². The van der Waals surface area contributed by atoms with Gasteiger partial charge in [-0.2, -0.15) is 0 Å². The molecule has 4 nitrogen and oxygen atoms in total. The molecule has 4 rings (SSSR count). The highest BCUT2D eigenvalue weighted by Crippen LogP contribution is 2.34. The van der Waals surface area contributed by atoms with Gasteiger partial charge < -0.3 is 9.47 Å². The lowest BCUT2D eigenvalue weighted by atomic mass is 9.86. The number of benzene rings is 1. The molecule has 0 saturated carbocycles. The number of methoxy groups -OCH3 is 1. The summed E-state index contributed by atoms with van der Waals surface area (Å²) >= 11 is 0. The fraction of sp³-hybridized carbons (Fsp3) is 0.533. The van der Waals surface area contributed by atoms with Gasteiger partial charge in [0.05, 0.1) is 7.11 Å². The van der Waals surface area contributed by atoms with Crippen LogP contribution in [-0.2, 0) is 0 Å². The molecule has 1 atom stereocenters. The second kappa shape index (κ2) is 5.21. The molecule has 19 heavy (non-hydrogen) atoms. The van der Waals surface area contributed by atoms with Crippen molar-refractivity contribution in [3.05, 3.63) is 23.8 Å². The second-order valence-corrected chi connectivity index (χ2v) is 5.32. The van der Waals surface area contributed by atoms with E-state index in [0.29, 0.717) is 17.2 Å². The zero-order valence-corrected chi connectivity index (χ0v) is 11.2. The second-order valence-electron chi connectivity index (χ2n) is 5.32. The van der Waals surface area contributed by atoms with Gasteiger partial charge in [0.15, 0.2) is 11.5 Å². The fourth-order valence-corrected chi connectivity index (χ4v) is 3.06. The Kier molecular flexibility index (Phi) is 3.42. The van der Waals surface area contributed by atoms with E-state index < -0.39 is 0 Å². The van der Waals surface area contributed by atoms with Gasteiger partial charge in [0.25, 0.3) is 0 Å². The summed E-state index contributed by atoms with van der Waals surface area (Å²) in [5.74, 6) is 2.04. The quantitative estimate of drug-likeness (QED) is 0.777. The minimum absolute atomic E-state index is 0.249. The van der Waals surface area contributed by atoms with Crippen molar-refractivity contribution in [1.29, 1.82) is 0 Å². The molecule has 0 aliphatic carbocycles.